The number of benzene rings is 3. The van der Waals surface area contributed by atoms with Gasteiger partial charge in [0.15, 0.2) is 5.84 Å². The molecule has 38 heavy (non-hydrogen) atoms. The van der Waals surface area contributed by atoms with Gasteiger partial charge < -0.3 is 9.30 Å². The molecule has 0 fully saturated rings. The van der Waals surface area contributed by atoms with Crippen LogP contribution in [-0.2, 0) is 11.3 Å². The molecule has 0 atom stereocenters. The lowest BCUT2D eigenvalue weighted by molar-refractivity contribution is -0.114. The Morgan fingerprint density at radius 2 is 1.82 bits per heavy atom. The van der Waals surface area contributed by atoms with Crippen molar-refractivity contribution in [3.8, 4) is 5.75 Å². The number of hydrazone groups is 1. The molecule has 6 rings (SSSR count). The van der Waals surface area contributed by atoms with Gasteiger partial charge in [-0.25, -0.2) is 0 Å². The van der Waals surface area contributed by atoms with Crippen LogP contribution in [0.2, 0.25) is 0 Å². The third-order valence-electron chi connectivity index (χ3n) is 6.29. The van der Waals surface area contributed by atoms with E-state index in [1.165, 1.54) is 16.8 Å². The van der Waals surface area contributed by atoms with E-state index in [-0.39, 0.29) is 11.4 Å². The molecule has 0 bridgehead atoms. The summed E-state index contributed by atoms with van der Waals surface area (Å²) < 4.78 is 9.03. The number of carbonyl (C=O) groups excluding carboxylic acids is 1. The van der Waals surface area contributed by atoms with Crippen LogP contribution < -0.4 is 4.74 Å². The number of ether oxygens (including phenoxy) is 1. The minimum Gasteiger partial charge on any atom is -0.492 e. The zero-order valence-corrected chi connectivity index (χ0v) is 22.8. The Morgan fingerprint density at radius 3 is 2.61 bits per heavy atom. The summed E-state index contributed by atoms with van der Waals surface area (Å²) in [7, 11) is 0. The molecule has 2 aliphatic rings. The number of hydrogen-bond donors (Lipinski definition) is 1. The number of halogens is 1. The second-order valence-corrected chi connectivity index (χ2v) is 10.8. The summed E-state index contributed by atoms with van der Waals surface area (Å²) in [5.74, 6) is 0.380. The van der Waals surface area contributed by atoms with Crippen LogP contribution >= 0.6 is 27.7 Å². The van der Waals surface area contributed by atoms with E-state index >= 15 is 0 Å². The van der Waals surface area contributed by atoms with E-state index in [1.807, 2.05) is 85.9 Å². The van der Waals surface area contributed by atoms with Gasteiger partial charge in [-0.2, -0.15) is 15.1 Å². The Labute approximate surface area is 232 Å². The van der Waals surface area contributed by atoms with E-state index in [0.717, 1.165) is 37.8 Å². The fourth-order valence-electron chi connectivity index (χ4n) is 4.33. The number of amides is 1. The van der Waals surface area contributed by atoms with Gasteiger partial charge in [-0.05, 0) is 55.1 Å². The van der Waals surface area contributed by atoms with Crippen molar-refractivity contribution in [2.24, 2.45) is 10.1 Å². The Bertz CT molecular complexity index is 1670. The Balaban J connectivity index is 1.27. The number of aromatic nitrogens is 1. The zero-order valence-electron chi connectivity index (χ0n) is 20.4. The van der Waals surface area contributed by atoms with Crippen molar-refractivity contribution in [2.45, 2.75) is 13.5 Å². The van der Waals surface area contributed by atoms with Gasteiger partial charge in [-0.3, -0.25) is 10.2 Å². The van der Waals surface area contributed by atoms with Crippen molar-refractivity contribution in [3.63, 3.8) is 0 Å². The first-order chi connectivity index (χ1) is 18.5. The third kappa shape index (κ3) is 4.70. The number of amidine groups is 2. The summed E-state index contributed by atoms with van der Waals surface area (Å²) >= 11 is 4.74. The van der Waals surface area contributed by atoms with Gasteiger partial charge in [0.05, 0.1) is 12.1 Å². The molecule has 9 heteroatoms. The molecule has 7 nitrogen and oxygen atoms in total. The highest BCUT2D eigenvalue weighted by molar-refractivity contribution is 9.10. The van der Waals surface area contributed by atoms with E-state index in [1.54, 1.807) is 6.08 Å². The first-order valence-electron chi connectivity index (χ1n) is 12.0. The van der Waals surface area contributed by atoms with Crippen molar-refractivity contribution in [2.75, 3.05) is 6.61 Å². The predicted octanol–water partition coefficient (Wildman–Crippen LogP) is 6.46. The molecule has 0 radical (unpaired) electrons. The zero-order chi connectivity index (χ0) is 26.2. The Kier molecular flexibility index (Phi) is 6.47. The van der Waals surface area contributed by atoms with Gasteiger partial charge in [-0.15, -0.1) is 0 Å². The van der Waals surface area contributed by atoms with Crippen molar-refractivity contribution >= 4 is 66.6 Å². The van der Waals surface area contributed by atoms with Gasteiger partial charge in [0.2, 0.25) is 5.17 Å². The molecule has 0 saturated carbocycles. The van der Waals surface area contributed by atoms with Crippen LogP contribution in [0.25, 0.3) is 17.0 Å². The molecular weight excluding hydrogens is 562 g/mol. The van der Waals surface area contributed by atoms with Crippen molar-refractivity contribution in [3.05, 3.63) is 106 Å². The fourth-order valence-corrected chi connectivity index (χ4v) is 5.49. The maximum atomic E-state index is 13.0. The highest BCUT2D eigenvalue weighted by atomic mass is 79.9. The first-order valence-corrected chi connectivity index (χ1v) is 13.6. The molecule has 1 aromatic heterocycles. The second-order valence-electron chi connectivity index (χ2n) is 8.89. The predicted molar refractivity (Wildman–Crippen MR) is 157 cm³/mol. The van der Waals surface area contributed by atoms with Gasteiger partial charge in [-0.1, -0.05) is 64.0 Å². The summed E-state index contributed by atoms with van der Waals surface area (Å²) in [5.41, 5.74) is 4.15. The maximum Gasteiger partial charge on any atom is 0.283 e. The van der Waals surface area contributed by atoms with Crippen LogP contribution in [-0.4, -0.2) is 38.1 Å². The maximum absolute atomic E-state index is 13.0. The Hall–Kier alpha value is -3.95. The van der Waals surface area contributed by atoms with Crippen molar-refractivity contribution < 1.29 is 9.53 Å². The van der Waals surface area contributed by atoms with Crippen LogP contribution in [0.1, 0.15) is 16.7 Å². The van der Waals surface area contributed by atoms with Crippen molar-refractivity contribution in [1.29, 1.82) is 5.41 Å². The standard InChI is InChI=1S/C29H22BrN5O2S/c1-18-6-8-19(9-7-18)28-33-35-26(31)24(27(36)32-29(35)38-28)16-20-17-34(25-5-3-2-4-23(20)25)14-15-37-22-12-10-21(30)11-13-22/h2-13,16-17,31H,14-15H2,1H3. The first kappa shape index (κ1) is 24.4. The van der Waals surface area contributed by atoms with Crippen LogP contribution in [0.3, 0.4) is 0 Å². The van der Waals surface area contributed by atoms with Gasteiger partial charge in [0, 0.05) is 32.7 Å². The highest BCUT2D eigenvalue weighted by Gasteiger charge is 2.36. The lowest BCUT2D eigenvalue weighted by atomic mass is 10.1. The molecule has 0 spiro atoms. The van der Waals surface area contributed by atoms with Crippen LogP contribution in [0.4, 0.5) is 0 Å². The topological polar surface area (TPSA) is 83.0 Å². The highest BCUT2D eigenvalue weighted by Crippen LogP contribution is 2.32. The number of para-hydroxylation sites is 1. The molecule has 188 valence electrons. The average Bonchev–Trinajstić information content (AvgIpc) is 3.50. The molecule has 0 unspecified atom stereocenters. The van der Waals surface area contributed by atoms with E-state index in [4.69, 9.17) is 10.1 Å². The lowest BCUT2D eigenvalue weighted by Crippen LogP contribution is -2.35. The van der Waals surface area contributed by atoms with Gasteiger partial charge in [0.1, 0.15) is 17.4 Å². The number of nitrogens with one attached hydrogen (secondary N) is 1. The summed E-state index contributed by atoms with van der Waals surface area (Å²) in [4.78, 5) is 17.3. The SMILES string of the molecule is Cc1ccc(C2=NN3C(=N)C(=Cc4cn(CCOc5ccc(Br)cc5)c5ccccc45)C(=O)N=C3S2)cc1. The summed E-state index contributed by atoms with van der Waals surface area (Å²) in [5, 5.41) is 16.9. The monoisotopic (exact) mass is 583 g/mol. The van der Waals surface area contributed by atoms with Crippen LogP contribution in [0.5, 0.6) is 5.75 Å². The number of rotatable bonds is 6. The molecule has 2 aliphatic heterocycles. The summed E-state index contributed by atoms with van der Waals surface area (Å²) in [6.07, 6.45) is 3.73. The van der Waals surface area contributed by atoms with Gasteiger partial charge in [0.25, 0.3) is 5.91 Å². The molecule has 1 amide bonds. The van der Waals surface area contributed by atoms with Crippen LogP contribution in [0.15, 0.2) is 99.1 Å². The number of nitrogens with zero attached hydrogens (tertiary/aromatic N) is 4. The van der Waals surface area contributed by atoms with Crippen LogP contribution in [0, 0.1) is 12.3 Å². The minimum absolute atomic E-state index is 0.0185. The number of carbonyl (C=O) groups is 1. The average molecular weight is 584 g/mol. The molecule has 0 saturated heterocycles. The minimum atomic E-state index is -0.440. The largest absolute Gasteiger partial charge is 0.492 e. The summed E-state index contributed by atoms with van der Waals surface area (Å²) in [6, 6.07) is 23.7. The molecular formula is C29H22BrN5O2S. The molecule has 4 aromatic rings. The molecule has 3 heterocycles. The molecule has 1 N–H and O–H groups in total. The normalized spacial score (nSPS) is 16.2. The van der Waals surface area contributed by atoms with Crippen molar-refractivity contribution in [1.82, 2.24) is 9.58 Å². The number of aryl methyl sites for hydroxylation is 1. The van der Waals surface area contributed by atoms with E-state index in [0.29, 0.717) is 23.4 Å². The number of aliphatic imine (C=N–C) groups is 1. The second kappa shape index (κ2) is 10.1. The quantitative estimate of drug-likeness (QED) is 0.264. The van der Waals surface area contributed by atoms with Gasteiger partial charge >= 0.3 is 0 Å². The van der Waals surface area contributed by atoms with E-state index < -0.39 is 5.91 Å². The lowest BCUT2D eigenvalue weighted by Gasteiger charge is -2.20. The smallest absolute Gasteiger partial charge is 0.283 e. The number of fused-ring (bicyclic) bond motifs is 2. The van der Waals surface area contributed by atoms with E-state index in [2.05, 4.69) is 30.6 Å². The molecule has 0 aliphatic carbocycles. The Morgan fingerprint density at radius 1 is 1.05 bits per heavy atom. The fraction of sp³-hybridized carbons (Fsp3) is 0.103. The summed E-state index contributed by atoms with van der Waals surface area (Å²) in [6.45, 7) is 3.14. The third-order valence-corrected chi connectivity index (χ3v) is 7.77. The number of thioether (sulfide) groups is 1. The van der Waals surface area contributed by atoms with E-state index in [9.17, 15) is 4.79 Å². The molecule has 3 aromatic carbocycles. The number of hydrogen-bond acceptors (Lipinski definition) is 5.